The highest BCUT2D eigenvalue weighted by Crippen LogP contribution is 2.29. The van der Waals surface area contributed by atoms with Crippen molar-refractivity contribution in [3.8, 4) is 11.5 Å². The van der Waals surface area contributed by atoms with Gasteiger partial charge in [0.25, 0.3) is 0 Å². The maximum atomic E-state index is 12.5. The van der Waals surface area contributed by atoms with E-state index >= 15 is 0 Å². The molecule has 0 bridgehead atoms. The number of rotatable bonds is 6. The number of carbonyl (C=O) groups is 2. The molecule has 1 saturated heterocycles. The molecule has 1 aliphatic heterocycles. The van der Waals surface area contributed by atoms with Crippen LogP contribution < -0.4 is 10.1 Å². The maximum Gasteiger partial charge on any atom is 0.323 e. The predicted molar refractivity (Wildman–Crippen MR) is 103 cm³/mol. The summed E-state index contributed by atoms with van der Waals surface area (Å²) in [5.74, 6) is 0.794. The number of nitrogens with zero attached hydrogens (tertiary/aromatic N) is 1. The first-order chi connectivity index (χ1) is 13.1. The first-order valence-electron chi connectivity index (χ1n) is 9.02. The van der Waals surface area contributed by atoms with Gasteiger partial charge in [-0.3, -0.25) is 14.5 Å². The van der Waals surface area contributed by atoms with E-state index in [2.05, 4.69) is 5.32 Å². The van der Waals surface area contributed by atoms with Gasteiger partial charge in [-0.15, -0.1) is 0 Å². The molecule has 1 N–H and O–H groups in total. The van der Waals surface area contributed by atoms with E-state index < -0.39 is 0 Å². The smallest absolute Gasteiger partial charge is 0.323 e. The SMILES string of the molecule is COC(=O)C1CCCN1CC(=O)Nc1ccccc1Oc1ccc(C)cc1. The Bertz CT molecular complexity index is 804. The molecular weight excluding hydrogens is 344 g/mol. The number of amides is 1. The van der Waals surface area contributed by atoms with Crippen molar-refractivity contribution in [2.45, 2.75) is 25.8 Å². The van der Waals surface area contributed by atoms with E-state index in [1.807, 2.05) is 54.3 Å². The van der Waals surface area contributed by atoms with Crippen LogP contribution in [-0.2, 0) is 14.3 Å². The van der Waals surface area contributed by atoms with E-state index in [9.17, 15) is 9.59 Å². The third-order valence-electron chi connectivity index (χ3n) is 4.59. The number of hydrogen-bond donors (Lipinski definition) is 1. The summed E-state index contributed by atoms with van der Waals surface area (Å²) in [5.41, 5.74) is 1.74. The molecule has 142 valence electrons. The summed E-state index contributed by atoms with van der Waals surface area (Å²) >= 11 is 0. The molecule has 1 amide bonds. The van der Waals surface area contributed by atoms with Gasteiger partial charge in [0.15, 0.2) is 5.75 Å². The number of benzene rings is 2. The molecule has 6 nitrogen and oxygen atoms in total. The van der Waals surface area contributed by atoms with Gasteiger partial charge in [-0.1, -0.05) is 29.8 Å². The maximum absolute atomic E-state index is 12.5. The van der Waals surface area contributed by atoms with Gasteiger partial charge >= 0.3 is 5.97 Å². The van der Waals surface area contributed by atoms with Crippen molar-refractivity contribution in [1.82, 2.24) is 4.90 Å². The number of methoxy groups -OCH3 is 1. The highest BCUT2D eigenvalue weighted by Gasteiger charge is 2.32. The highest BCUT2D eigenvalue weighted by molar-refractivity contribution is 5.94. The number of carbonyl (C=O) groups excluding carboxylic acids is 2. The molecule has 27 heavy (non-hydrogen) atoms. The van der Waals surface area contributed by atoms with Gasteiger partial charge in [-0.25, -0.2) is 0 Å². The van der Waals surface area contributed by atoms with Gasteiger partial charge in [-0.2, -0.15) is 0 Å². The number of likely N-dealkylation sites (tertiary alicyclic amines) is 1. The molecule has 6 heteroatoms. The fourth-order valence-electron chi connectivity index (χ4n) is 3.18. The number of hydrogen-bond acceptors (Lipinski definition) is 5. The lowest BCUT2D eigenvalue weighted by atomic mass is 10.2. The summed E-state index contributed by atoms with van der Waals surface area (Å²) in [6.07, 6.45) is 1.59. The first kappa shape index (κ1) is 18.9. The van der Waals surface area contributed by atoms with Crippen molar-refractivity contribution in [2.24, 2.45) is 0 Å². The molecule has 1 unspecified atom stereocenters. The Kier molecular flexibility index (Phi) is 6.08. The van der Waals surface area contributed by atoms with Crippen LogP contribution in [0.25, 0.3) is 0 Å². The van der Waals surface area contributed by atoms with Crippen LogP contribution in [0, 0.1) is 6.92 Å². The molecule has 0 radical (unpaired) electrons. The topological polar surface area (TPSA) is 67.9 Å². The van der Waals surface area contributed by atoms with Gasteiger partial charge in [0, 0.05) is 0 Å². The molecule has 2 aromatic carbocycles. The summed E-state index contributed by atoms with van der Waals surface area (Å²) in [6, 6.07) is 14.7. The summed E-state index contributed by atoms with van der Waals surface area (Å²) in [5, 5.41) is 2.89. The molecule has 0 aliphatic carbocycles. The van der Waals surface area contributed by atoms with Crippen LogP contribution >= 0.6 is 0 Å². The molecule has 1 aliphatic rings. The average Bonchev–Trinajstić information content (AvgIpc) is 3.12. The molecule has 0 aromatic heterocycles. The minimum absolute atomic E-state index is 0.138. The second-order valence-electron chi connectivity index (χ2n) is 6.61. The third-order valence-corrected chi connectivity index (χ3v) is 4.59. The van der Waals surface area contributed by atoms with Crippen LogP contribution in [0.2, 0.25) is 0 Å². The zero-order valence-electron chi connectivity index (χ0n) is 15.6. The van der Waals surface area contributed by atoms with E-state index in [-0.39, 0.29) is 24.5 Å². The zero-order chi connectivity index (χ0) is 19.2. The van der Waals surface area contributed by atoms with Crippen molar-refractivity contribution < 1.29 is 19.1 Å². The summed E-state index contributed by atoms with van der Waals surface area (Å²) in [7, 11) is 1.37. The second-order valence-corrected chi connectivity index (χ2v) is 6.61. The Balaban J connectivity index is 1.66. The van der Waals surface area contributed by atoms with Crippen molar-refractivity contribution in [3.05, 3.63) is 54.1 Å². The van der Waals surface area contributed by atoms with E-state index in [1.54, 1.807) is 6.07 Å². The van der Waals surface area contributed by atoms with Crippen molar-refractivity contribution >= 4 is 17.6 Å². The van der Waals surface area contributed by atoms with E-state index in [1.165, 1.54) is 7.11 Å². The number of esters is 1. The largest absolute Gasteiger partial charge is 0.468 e. The van der Waals surface area contributed by atoms with Crippen LogP contribution in [0.3, 0.4) is 0 Å². The van der Waals surface area contributed by atoms with Gasteiger partial charge < -0.3 is 14.8 Å². The minimum atomic E-state index is -0.347. The summed E-state index contributed by atoms with van der Waals surface area (Å²) < 4.78 is 10.7. The Labute approximate surface area is 159 Å². The molecule has 1 heterocycles. The standard InChI is InChI=1S/C21H24N2O4/c1-15-9-11-16(12-10-15)27-19-8-4-3-6-17(19)22-20(24)14-23-13-5-7-18(23)21(25)26-2/h3-4,6,8-12,18H,5,7,13-14H2,1-2H3,(H,22,24). The fourth-order valence-corrected chi connectivity index (χ4v) is 3.18. The van der Waals surface area contributed by atoms with Gasteiger partial charge in [0.2, 0.25) is 5.91 Å². The number of ether oxygens (including phenoxy) is 2. The normalized spacial score (nSPS) is 16.7. The van der Waals surface area contributed by atoms with E-state index in [4.69, 9.17) is 9.47 Å². The molecular formula is C21H24N2O4. The highest BCUT2D eigenvalue weighted by atomic mass is 16.5. The number of aryl methyl sites for hydroxylation is 1. The number of nitrogens with one attached hydrogen (secondary N) is 1. The fraction of sp³-hybridized carbons (Fsp3) is 0.333. The van der Waals surface area contributed by atoms with Crippen LogP contribution in [0.1, 0.15) is 18.4 Å². The lowest BCUT2D eigenvalue weighted by Gasteiger charge is -2.22. The molecule has 3 rings (SSSR count). The molecule has 1 atom stereocenters. The lowest BCUT2D eigenvalue weighted by Crippen LogP contribution is -2.41. The molecule has 0 saturated carbocycles. The van der Waals surface area contributed by atoms with E-state index in [0.29, 0.717) is 30.2 Å². The minimum Gasteiger partial charge on any atom is -0.468 e. The Hall–Kier alpha value is -2.86. The Morgan fingerprint density at radius 2 is 1.89 bits per heavy atom. The van der Waals surface area contributed by atoms with E-state index in [0.717, 1.165) is 12.0 Å². The van der Waals surface area contributed by atoms with Crippen LogP contribution in [0.5, 0.6) is 11.5 Å². The van der Waals surface area contributed by atoms with Crippen LogP contribution in [0.4, 0.5) is 5.69 Å². The van der Waals surface area contributed by atoms with Gasteiger partial charge in [0.05, 0.1) is 19.3 Å². The number of anilines is 1. The number of para-hydroxylation sites is 2. The van der Waals surface area contributed by atoms with Crippen LogP contribution in [-0.4, -0.2) is 43.0 Å². The summed E-state index contributed by atoms with van der Waals surface area (Å²) in [4.78, 5) is 26.2. The lowest BCUT2D eigenvalue weighted by molar-refractivity contribution is -0.146. The second kappa shape index (κ2) is 8.68. The quantitative estimate of drug-likeness (QED) is 0.792. The van der Waals surface area contributed by atoms with Crippen molar-refractivity contribution in [3.63, 3.8) is 0 Å². The average molecular weight is 368 g/mol. The molecule has 1 fully saturated rings. The van der Waals surface area contributed by atoms with Gasteiger partial charge in [-0.05, 0) is 50.6 Å². The first-order valence-corrected chi connectivity index (χ1v) is 9.02. The van der Waals surface area contributed by atoms with Crippen LogP contribution in [0.15, 0.2) is 48.5 Å². The van der Waals surface area contributed by atoms with Crippen molar-refractivity contribution in [2.75, 3.05) is 25.5 Å². The van der Waals surface area contributed by atoms with Crippen molar-refractivity contribution in [1.29, 1.82) is 0 Å². The Morgan fingerprint density at radius 1 is 1.15 bits per heavy atom. The van der Waals surface area contributed by atoms with Gasteiger partial charge in [0.1, 0.15) is 11.8 Å². The Morgan fingerprint density at radius 3 is 2.63 bits per heavy atom. The monoisotopic (exact) mass is 368 g/mol. The molecule has 0 spiro atoms. The predicted octanol–water partition coefficient (Wildman–Crippen LogP) is 3.36. The third kappa shape index (κ3) is 4.86. The summed E-state index contributed by atoms with van der Waals surface area (Å²) in [6.45, 7) is 2.85. The zero-order valence-corrected chi connectivity index (χ0v) is 15.6. The molecule has 2 aromatic rings.